The van der Waals surface area contributed by atoms with Crippen LogP contribution in [0.2, 0.25) is 0 Å². The molecular formula is C20H27N5+2. The van der Waals surface area contributed by atoms with Gasteiger partial charge in [0.2, 0.25) is 11.5 Å². The van der Waals surface area contributed by atoms with Crippen LogP contribution in [0.15, 0.2) is 30.3 Å². The molecule has 3 aromatic rings. The van der Waals surface area contributed by atoms with E-state index in [1.807, 2.05) is 25.1 Å². The summed E-state index contributed by atoms with van der Waals surface area (Å²) in [7, 11) is 0. The van der Waals surface area contributed by atoms with Gasteiger partial charge in [-0.2, -0.15) is 9.66 Å². The molecule has 3 rings (SSSR count). The summed E-state index contributed by atoms with van der Waals surface area (Å²) in [4.78, 5) is 5.03. The van der Waals surface area contributed by atoms with Crippen LogP contribution in [0.4, 0.5) is 5.82 Å². The summed E-state index contributed by atoms with van der Waals surface area (Å²) in [6.07, 6.45) is 1.13. The summed E-state index contributed by atoms with van der Waals surface area (Å²) in [5, 5.41) is 13.1. The summed E-state index contributed by atoms with van der Waals surface area (Å²) < 4.78 is 2.13. The number of rotatable bonds is 7. The Kier molecular flexibility index (Phi) is 5.20. The quantitative estimate of drug-likeness (QED) is 0.455. The number of nitrogens with zero attached hydrogens (tertiary/aromatic N) is 2. The van der Waals surface area contributed by atoms with Gasteiger partial charge in [-0.1, -0.05) is 12.1 Å². The molecular weight excluding hydrogens is 310 g/mol. The van der Waals surface area contributed by atoms with Crippen molar-refractivity contribution in [2.75, 3.05) is 31.5 Å². The minimum Gasteiger partial charge on any atom is -0.335 e. The highest BCUT2D eigenvalue weighted by Gasteiger charge is 2.20. The van der Waals surface area contributed by atoms with Crippen LogP contribution in [0.3, 0.4) is 0 Å². The molecule has 5 heteroatoms. The second-order valence-corrected chi connectivity index (χ2v) is 6.51. The molecule has 0 aliphatic carbocycles. The average Bonchev–Trinajstić information content (AvgIpc) is 3.01. The number of para-hydroxylation sites is 2. The Labute approximate surface area is 148 Å². The molecule has 3 N–H and O–H groups in total. The SMILES string of the molecule is CC[NH+](CC)CCCNc1cc(C)c(C#N)c2[nH]c3ccccc3[n+]12. The molecule has 130 valence electrons. The van der Waals surface area contributed by atoms with Crippen molar-refractivity contribution in [1.82, 2.24) is 4.98 Å². The largest absolute Gasteiger partial charge is 0.335 e. The van der Waals surface area contributed by atoms with Crippen molar-refractivity contribution in [3.05, 3.63) is 41.5 Å². The van der Waals surface area contributed by atoms with E-state index in [1.54, 1.807) is 4.90 Å². The van der Waals surface area contributed by atoms with Gasteiger partial charge >= 0.3 is 0 Å². The van der Waals surface area contributed by atoms with Crippen molar-refractivity contribution in [3.63, 3.8) is 0 Å². The normalized spacial score (nSPS) is 11.3. The number of quaternary nitrogens is 1. The molecule has 2 aromatic heterocycles. The molecule has 0 aliphatic rings. The summed E-state index contributed by atoms with van der Waals surface area (Å²) in [5.74, 6) is 1.04. The van der Waals surface area contributed by atoms with Gasteiger partial charge in [0.25, 0.3) is 0 Å². The van der Waals surface area contributed by atoms with Crippen LogP contribution in [0.1, 0.15) is 31.4 Å². The van der Waals surface area contributed by atoms with Crippen LogP contribution in [0.25, 0.3) is 16.7 Å². The van der Waals surface area contributed by atoms with Gasteiger partial charge in [-0.3, -0.25) is 4.98 Å². The van der Waals surface area contributed by atoms with Crippen molar-refractivity contribution < 1.29 is 9.30 Å². The summed E-state index contributed by atoms with van der Waals surface area (Å²) >= 11 is 0. The number of nitriles is 1. The van der Waals surface area contributed by atoms with Crippen molar-refractivity contribution in [3.8, 4) is 6.07 Å². The van der Waals surface area contributed by atoms with Gasteiger partial charge in [-0.05, 0) is 38.5 Å². The molecule has 0 saturated carbocycles. The van der Waals surface area contributed by atoms with Crippen LogP contribution in [-0.4, -0.2) is 31.2 Å². The van der Waals surface area contributed by atoms with Crippen LogP contribution in [-0.2, 0) is 0 Å². The highest BCUT2D eigenvalue weighted by molar-refractivity contribution is 5.77. The molecule has 25 heavy (non-hydrogen) atoms. The summed E-state index contributed by atoms with van der Waals surface area (Å²) in [6, 6.07) is 12.6. The van der Waals surface area contributed by atoms with Crippen LogP contribution < -0.4 is 14.6 Å². The molecule has 5 nitrogen and oxygen atoms in total. The molecule has 0 bridgehead atoms. The standard InChI is InChI=1S/C20H25N5/c1-4-24(5-2)12-8-11-22-19-13-15(3)16(14-21)20-23-17-9-6-7-10-18(17)25(19)20/h6-7,9-10,13H,4-5,8,11-12H2,1-3H3,(H,22,23)/p+2. The fraction of sp³-hybridized carbons (Fsp3) is 0.400. The molecule has 0 amide bonds. The predicted molar refractivity (Wildman–Crippen MR) is 101 cm³/mol. The first-order valence-corrected chi connectivity index (χ1v) is 9.13. The number of hydrogen-bond donors (Lipinski definition) is 3. The zero-order valence-electron chi connectivity index (χ0n) is 15.3. The van der Waals surface area contributed by atoms with Crippen LogP contribution >= 0.6 is 0 Å². The second-order valence-electron chi connectivity index (χ2n) is 6.51. The average molecular weight is 337 g/mol. The Balaban J connectivity index is 1.94. The zero-order chi connectivity index (χ0) is 17.8. The minimum atomic E-state index is 0.703. The topological polar surface area (TPSA) is 60.1 Å². The van der Waals surface area contributed by atoms with Crippen LogP contribution in [0, 0.1) is 18.3 Å². The molecule has 0 spiro atoms. The maximum Gasteiger partial charge on any atom is 0.250 e. The molecule has 0 unspecified atom stereocenters. The first kappa shape index (κ1) is 17.2. The van der Waals surface area contributed by atoms with Gasteiger partial charge < -0.3 is 10.2 Å². The number of benzene rings is 1. The zero-order valence-corrected chi connectivity index (χ0v) is 15.3. The number of aryl methyl sites for hydroxylation is 1. The summed E-state index contributed by atoms with van der Waals surface area (Å²) in [5.41, 5.74) is 4.69. The smallest absolute Gasteiger partial charge is 0.250 e. The number of pyridine rings is 1. The molecule has 0 aliphatic heterocycles. The van der Waals surface area contributed by atoms with Gasteiger partial charge in [0.1, 0.15) is 22.7 Å². The highest BCUT2D eigenvalue weighted by Crippen LogP contribution is 2.19. The Morgan fingerprint density at radius 1 is 1.24 bits per heavy atom. The third kappa shape index (κ3) is 3.31. The van der Waals surface area contributed by atoms with E-state index in [-0.39, 0.29) is 0 Å². The van der Waals surface area contributed by atoms with Gasteiger partial charge in [0.15, 0.2) is 0 Å². The first-order valence-electron chi connectivity index (χ1n) is 9.13. The third-order valence-electron chi connectivity index (χ3n) is 4.97. The van der Waals surface area contributed by atoms with Crippen LogP contribution in [0.5, 0.6) is 0 Å². The number of nitrogens with one attached hydrogen (secondary N) is 3. The number of H-pyrrole nitrogens is 1. The van der Waals surface area contributed by atoms with Gasteiger partial charge in [-0.25, -0.2) is 0 Å². The van der Waals surface area contributed by atoms with Crippen molar-refractivity contribution in [2.45, 2.75) is 27.2 Å². The maximum atomic E-state index is 9.56. The maximum absolute atomic E-state index is 9.56. The Hall–Kier alpha value is -2.58. The second kappa shape index (κ2) is 7.54. The van der Waals surface area contributed by atoms with E-state index in [1.165, 1.54) is 19.6 Å². The number of fused-ring (bicyclic) bond motifs is 3. The lowest BCUT2D eigenvalue weighted by atomic mass is 10.1. The van der Waals surface area contributed by atoms with Gasteiger partial charge in [-0.15, -0.1) is 0 Å². The van der Waals surface area contributed by atoms with Crippen molar-refractivity contribution in [2.24, 2.45) is 0 Å². The number of imidazole rings is 1. The monoisotopic (exact) mass is 337 g/mol. The van der Waals surface area contributed by atoms with E-state index >= 15 is 0 Å². The molecule has 2 heterocycles. The Morgan fingerprint density at radius 3 is 2.72 bits per heavy atom. The number of aromatic amines is 1. The number of anilines is 1. The van der Waals surface area contributed by atoms with E-state index in [0.29, 0.717) is 5.56 Å². The predicted octanol–water partition coefficient (Wildman–Crippen LogP) is 1.81. The molecule has 1 aromatic carbocycles. The molecule has 0 radical (unpaired) electrons. The molecule has 0 fully saturated rings. The van der Waals surface area contributed by atoms with E-state index in [4.69, 9.17) is 0 Å². The lowest BCUT2D eigenvalue weighted by molar-refractivity contribution is -0.896. The third-order valence-corrected chi connectivity index (χ3v) is 4.97. The fourth-order valence-corrected chi connectivity index (χ4v) is 3.46. The Bertz CT molecular complexity index is 915. The fourth-order valence-electron chi connectivity index (χ4n) is 3.46. The minimum absolute atomic E-state index is 0.703. The Morgan fingerprint density at radius 2 is 2.00 bits per heavy atom. The molecule has 0 saturated heterocycles. The lowest BCUT2D eigenvalue weighted by Crippen LogP contribution is -3.11. The first-order chi connectivity index (χ1) is 12.2. The molecule has 0 atom stereocenters. The highest BCUT2D eigenvalue weighted by atomic mass is 15.1. The van der Waals surface area contributed by atoms with Crippen molar-refractivity contribution >= 4 is 22.5 Å². The number of aromatic nitrogens is 2. The van der Waals surface area contributed by atoms with Gasteiger partial charge in [0.05, 0.1) is 26.2 Å². The lowest BCUT2D eigenvalue weighted by Gasteiger charge is -2.14. The van der Waals surface area contributed by atoms with Crippen molar-refractivity contribution in [1.29, 1.82) is 5.26 Å². The van der Waals surface area contributed by atoms with Gasteiger partial charge in [0, 0.05) is 12.5 Å². The van der Waals surface area contributed by atoms with E-state index in [0.717, 1.165) is 41.0 Å². The van der Waals surface area contributed by atoms with E-state index in [9.17, 15) is 5.26 Å². The number of hydrogen-bond acceptors (Lipinski definition) is 2. The van der Waals surface area contributed by atoms with E-state index in [2.05, 4.69) is 46.8 Å². The van der Waals surface area contributed by atoms with E-state index < -0.39 is 0 Å². The summed E-state index contributed by atoms with van der Waals surface area (Å²) in [6.45, 7) is 10.9.